The molecular formula is C23H23NO4S2. The average Bonchev–Trinajstić information content (AvgIpc) is 3.37. The summed E-state index contributed by atoms with van der Waals surface area (Å²) >= 11 is 6.75. The lowest BCUT2D eigenvalue weighted by Crippen LogP contribution is -2.35. The Morgan fingerprint density at radius 3 is 2.80 bits per heavy atom. The molecule has 0 radical (unpaired) electrons. The van der Waals surface area contributed by atoms with Gasteiger partial charge in [-0.3, -0.25) is 9.69 Å². The molecule has 1 atom stereocenters. The number of thiocarbonyl (C=S) groups is 1. The monoisotopic (exact) mass is 441 g/mol. The summed E-state index contributed by atoms with van der Waals surface area (Å²) < 4.78 is 17.6. The van der Waals surface area contributed by atoms with Crippen LogP contribution in [-0.2, 0) is 16.1 Å². The van der Waals surface area contributed by atoms with Crippen LogP contribution in [0.2, 0.25) is 0 Å². The summed E-state index contributed by atoms with van der Waals surface area (Å²) in [5.41, 5.74) is 1.94. The number of nitrogens with zero attached hydrogens (tertiary/aromatic N) is 1. The van der Waals surface area contributed by atoms with Crippen molar-refractivity contribution in [3.63, 3.8) is 0 Å². The van der Waals surface area contributed by atoms with E-state index in [1.807, 2.05) is 54.6 Å². The maximum absolute atomic E-state index is 12.8. The van der Waals surface area contributed by atoms with Gasteiger partial charge in [0.25, 0.3) is 5.91 Å². The van der Waals surface area contributed by atoms with Crippen LogP contribution in [0.5, 0.6) is 11.5 Å². The molecular weight excluding hydrogens is 418 g/mol. The molecule has 0 bridgehead atoms. The highest BCUT2D eigenvalue weighted by Crippen LogP contribution is 2.35. The number of carbonyl (C=O) groups excluding carboxylic acids is 1. The van der Waals surface area contributed by atoms with Gasteiger partial charge in [-0.15, -0.1) is 0 Å². The van der Waals surface area contributed by atoms with Gasteiger partial charge in [0.2, 0.25) is 0 Å². The molecule has 2 aliphatic heterocycles. The summed E-state index contributed by atoms with van der Waals surface area (Å²) in [6.07, 6.45) is 3.93. The summed E-state index contributed by atoms with van der Waals surface area (Å²) in [7, 11) is 1.61. The summed E-state index contributed by atoms with van der Waals surface area (Å²) in [6, 6.07) is 15.6. The van der Waals surface area contributed by atoms with Crippen LogP contribution in [0.25, 0.3) is 6.08 Å². The zero-order chi connectivity index (χ0) is 20.9. The third-order valence-electron chi connectivity index (χ3n) is 5.01. The van der Waals surface area contributed by atoms with Crippen LogP contribution < -0.4 is 9.47 Å². The highest BCUT2D eigenvalue weighted by Gasteiger charge is 2.34. The molecule has 0 spiro atoms. The molecule has 30 heavy (non-hydrogen) atoms. The summed E-state index contributed by atoms with van der Waals surface area (Å²) in [5, 5.41) is 0. The summed E-state index contributed by atoms with van der Waals surface area (Å²) in [5.74, 6) is 1.21. The second kappa shape index (κ2) is 9.64. The van der Waals surface area contributed by atoms with E-state index in [2.05, 4.69) is 0 Å². The molecule has 2 aromatic rings. The third kappa shape index (κ3) is 4.86. The Morgan fingerprint density at radius 2 is 2.07 bits per heavy atom. The molecule has 5 nitrogen and oxygen atoms in total. The van der Waals surface area contributed by atoms with Crippen molar-refractivity contribution in [2.75, 3.05) is 20.3 Å². The molecule has 7 heteroatoms. The van der Waals surface area contributed by atoms with Crippen molar-refractivity contribution >= 4 is 40.3 Å². The molecule has 1 amide bonds. The van der Waals surface area contributed by atoms with E-state index in [1.54, 1.807) is 12.0 Å². The molecule has 2 aromatic carbocycles. The number of rotatable bonds is 7. The van der Waals surface area contributed by atoms with Crippen LogP contribution in [0.3, 0.4) is 0 Å². The fourth-order valence-corrected chi connectivity index (χ4v) is 4.70. The van der Waals surface area contributed by atoms with Crippen molar-refractivity contribution in [1.82, 2.24) is 4.90 Å². The first-order valence-corrected chi connectivity index (χ1v) is 11.1. The number of carbonyl (C=O) groups is 1. The normalized spacial score (nSPS) is 20.2. The maximum atomic E-state index is 12.8. The van der Waals surface area contributed by atoms with Gasteiger partial charge in [0.1, 0.15) is 10.9 Å². The molecule has 2 fully saturated rings. The van der Waals surface area contributed by atoms with E-state index in [0.717, 1.165) is 30.6 Å². The smallest absolute Gasteiger partial charge is 0.266 e. The maximum Gasteiger partial charge on any atom is 0.266 e. The van der Waals surface area contributed by atoms with Crippen molar-refractivity contribution in [2.24, 2.45) is 0 Å². The lowest BCUT2D eigenvalue weighted by molar-refractivity contribution is -0.123. The van der Waals surface area contributed by atoms with Gasteiger partial charge in [-0.25, -0.2) is 0 Å². The largest absolute Gasteiger partial charge is 0.493 e. The first kappa shape index (κ1) is 20.9. The minimum Gasteiger partial charge on any atom is -0.493 e. The number of methoxy groups -OCH3 is 1. The molecule has 0 unspecified atom stereocenters. The zero-order valence-electron chi connectivity index (χ0n) is 16.7. The quantitative estimate of drug-likeness (QED) is 0.460. The Morgan fingerprint density at radius 1 is 1.23 bits per heavy atom. The summed E-state index contributed by atoms with van der Waals surface area (Å²) in [4.78, 5) is 15.1. The first-order chi connectivity index (χ1) is 14.6. The predicted octanol–water partition coefficient (Wildman–Crippen LogP) is 4.65. The fraction of sp³-hybridized carbons (Fsp3) is 0.304. The molecule has 2 heterocycles. The zero-order valence-corrected chi connectivity index (χ0v) is 18.3. The topological polar surface area (TPSA) is 48.0 Å². The second-order valence-corrected chi connectivity index (χ2v) is 8.79. The Bertz CT molecular complexity index is 955. The minimum atomic E-state index is -0.0659. The Kier molecular flexibility index (Phi) is 6.72. The van der Waals surface area contributed by atoms with E-state index in [4.69, 9.17) is 26.4 Å². The standard InChI is InChI=1S/C23H23NO4S2/c1-26-20-12-17(9-10-19(20)28-15-16-6-3-2-4-7-16)13-21-22(25)24(23(29)30-21)14-18-8-5-11-27-18/h2-4,6-7,9-10,12-13,18H,5,8,11,14-15H2,1H3/b21-13-/t18-/m0/s1. The lowest BCUT2D eigenvalue weighted by atomic mass is 10.1. The minimum absolute atomic E-state index is 0.0659. The SMILES string of the molecule is COc1cc(/C=C2\SC(=S)N(C[C@@H]3CCCO3)C2=O)ccc1OCc1ccccc1. The van der Waals surface area contributed by atoms with E-state index < -0.39 is 0 Å². The van der Waals surface area contributed by atoms with Crippen LogP contribution in [0, 0.1) is 0 Å². The van der Waals surface area contributed by atoms with Gasteiger partial charge in [-0.1, -0.05) is 60.4 Å². The van der Waals surface area contributed by atoms with Gasteiger partial charge in [0.15, 0.2) is 11.5 Å². The molecule has 4 rings (SSSR count). The molecule has 156 valence electrons. The fourth-order valence-electron chi connectivity index (χ4n) is 3.43. The van der Waals surface area contributed by atoms with Crippen molar-refractivity contribution in [3.05, 3.63) is 64.6 Å². The lowest BCUT2D eigenvalue weighted by Gasteiger charge is -2.18. The van der Waals surface area contributed by atoms with Crippen molar-refractivity contribution in [2.45, 2.75) is 25.6 Å². The highest BCUT2D eigenvalue weighted by molar-refractivity contribution is 8.26. The highest BCUT2D eigenvalue weighted by atomic mass is 32.2. The van der Waals surface area contributed by atoms with E-state index in [9.17, 15) is 4.79 Å². The molecule has 0 aromatic heterocycles. The van der Waals surface area contributed by atoms with Crippen LogP contribution in [0.1, 0.15) is 24.0 Å². The van der Waals surface area contributed by atoms with Gasteiger partial charge in [0.05, 0.1) is 24.7 Å². The Balaban J connectivity index is 1.46. The second-order valence-electron chi connectivity index (χ2n) is 7.11. The van der Waals surface area contributed by atoms with Gasteiger partial charge in [-0.05, 0) is 42.2 Å². The van der Waals surface area contributed by atoms with Gasteiger partial charge in [-0.2, -0.15) is 0 Å². The number of amides is 1. The first-order valence-electron chi connectivity index (χ1n) is 9.86. The number of benzene rings is 2. The van der Waals surface area contributed by atoms with Crippen molar-refractivity contribution < 1.29 is 19.0 Å². The van der Waals surface area contributed by atoms with Crippen LogP contribution >= 0.6 is 24.0 Å². The number of ether oxygens (including phenoxy) is 3. The van der Waals surface area contributed by atoms with E-state index in [1.165, 1.54) is 11.8 Å². The molecule has 0 aliphatic carbocycles. The van der Waals surface area contributed by atoms with Crippen LogP contribution in [0.4, 0.5) is 0 Å². The third-order valence-corrected chi connectivity index (χ3v) is 6.38. The summed E-state index contributed by atoms with van der Waals surface area (Å²) in [6.45, 7) is 1.74. The van der Waals surface area contributed by atoms with E-state index in [0.29, 0.717) is 33.9 Å². The molecule has 2 saturated heterocycles. The number of hydrogen-bond donors (Lipinski definition) is 0. The molecule has 2 aliphatic rings. The predicted molar refractivity (Wildman–Crippen MR) is 123 cm³/mol. The van der Waals surface area contributed by atoms with E-state index in [-0.39, 0.29) is 12.0 Å². The molecule has 0 saturated carbocycles. The Labute approximate surface area is 186 Å². The average molecular weight is 442 g/mol. The number of thioether (sulfide) groups is 1. The Hall–Kier alpha value is -2.35. The van der Waals surface area contributed by atoms with Crippen LogP contribution in [0.15, 0.2) is 53.4 Å². The van der Waals surface area contributed by atoms with Crippen molar-refractivity contribution in [1.29, 1.82) is 0 Å². The van der Waals surface area contributed by atoms with Crippen molar-refractivity contribution in [3.8, 4) is 11.5 Å². The molecule has 0 N–H and O–H groups in total. The van der Waals surface area contributed by atoms with Gasteiger partial charge >= 0.3 is 0 Å². The van der Waals surface area contributed by atoms with Crippen LogP contribution in [-0.4, -0.2) is 41.5 Å². The van der Waals surface area contributed by atoms with E-state index >= 15 is 0 Å². The van der Waals surface area contributed by atoms with Gasteiger partial charge < -0.3 is 14.2 Å². The van der Waals surface area contributed by atoms with Gasteiger partial charge in [0, 0.05) is 6.61 Å². The number of hydrogen-bond acceptors (Lipinski definition) is 6.